The number of nitriles is 1. The molecule has 0 saturated heterocycles. The van der Waals surface area contributed by atoms with Crippen molar-refractivity contribution in [3.8, 4) is 6.07 Å². The number of aromatic nitrogens is 1. The Morgan fingerprint density at radius 2 is 2.31 bits per heavy atom. The van der Waals surface area contributed by atoms with E-state index in [1.807, 2.05) is 13.1 Å². The Bertz CT molecular complexity index is 429. The van der Waals surface area contributed by atoms with Crippen LogP contribution >= 0.6 is 0 Å². The van der Waals surface area contributed by atoms with Gasteiger partial charge in [-0.15, -0.1) is 0 Å². The first kappa shape index (κ1) is 10.6. The lowest BCUT2D eigenvalue weighted by atomic mass is 9.92. The minimum atomic E-state index is -0.0609. The summed E-state index contributed by atoms with van der Waals surface area (Å²) in [5, 5.41) is 8.63. The minimum absolute atomic E-state index is 0.0609. The standard InChI is InChI=1S/C12H13N3O/c1-15(10-3-2-4-10)12(16)11-6-5-9(7-13)8-14-11/h5-6,8,10H,2-4H2,1H3. The van der Waals surface area contributed by atoms with Gasteiger partial charge in [-0.25, -0.2) is 4.98 Å². The molecule has 1 fully saturated rings. The number of carbonyl (C=O) groups is 1. The fourth-order valence-corrected chi connectivity index (χ4v) is 1.71. The molecule has 1 saturated carbocycles. The molecule has 1 heterocycles. The van der Waals surface area contributed by atoms with Gasteiger partial charge in [0, 0.05) is 19.3 Å². The van der Waals surface area contributed by atoms with Gasteiger partial charge in [0.2, 0.25) is 0 Å². The van der Waals surface area contributed by atoms with E-state index >= 15 is 0 Å². The average molecular weight is 215 g/mol. The first-order valence-corrected chi connectivity index (χ1v) is 5.35. The van der Waals surface area contributed by atoms with E-state index in [1.54, 1.807) is 17.0 Å². The first-order valence-electron chi connectivity index (χ1n) is 5.35. The molecule has 4 heteroatoms. The Morgan fingerprint density at radius 3 is 2.75 bits per heavy atom. The molecule has 0 spiro atoms. The highest BCUT2D eigenvalue weighted by molar-refractivity contribution is 5.92. The molecule has 0 aromatic carbocycles. The van der Waals surface area contributed by atoms with E-state index in [2.05, 4.69) is 4.98 Å². The number of amides is 1. The number of hydrogen-bond acceptors (Lipinski definition) is 3. The van der Waals surface area contributed by atoms with Crippen LogP contribution in [-0.4, -0.2) is 28.9 Å². The summed E-state index contributed by atoms with van der Waals surface area (Å²) in [5.74, 6) is -0.0609. The molecule has 1 aliphatic rings. The lowest BCUT2D eigenvalue weighted by Gasteiger charge is -2.34. The van der Waals surface area contributed by atoms with Crippen molar-refractivity contribution < 1.29 is 4.79 Å². The predicted octanol–water partition coefficient (Wildman–Crippen LogP) is 1.58. The number of hydrogen-bond donors (Lipinski definition) is 0. The molecule has 0 aliphatic heterocycles. The van der Waals surface area contributed by atoms with Crippen molar-refractivity contribution in [3.05, 3.63) is 29.6 Å². The molecule has 0 radical (unpaired) electrons. The maximum Gasteiger partial charge on any atom is 0.272 e. The molecule has 1 aromatic heterocycles. The summed E-state index contributed by atoms with van der Waals surface area (Å²) in [5.41, 5.74) is 0.885. The van der Waals surface area contributed by atoms with Crippen molar-refractivity contribution in [3.63, 3.8) is 0 Å². The van der Waals surface area contributed by atoms with Gasteiger partial charge in [-0.1, -0.05) is 0 Å². The predicted molar refractivity (Wildman–Crippen MR) is 58.7 cm³/mol. The molecule has 0 unspecified atom stereocenters. The molecule has 1 amide bonds. The highest BCUT2D eigenvalue weighted by Gasteiger charge is 2.26. The molecule has 1 aromatic rings. The van der Waals surface area contributed by atoms with Crippen LogP contribution in [0.1, 0.15) is 35.3 Å². The van der Waals surface area contributed by atoms with E-state index in [0.717, 1.165) is 12.8 Å². The van der Waals surface area contributed by atoms with Crippen LogP contribution in [0.15, 0.2) is 18.3 Å². The van der Waals surface area contributed by atoms with E-state index in [1.165, 1.54) is 12.6 Å². The fraction of sp³-hybridized carbons (Fsp3) is 0.417. The smallest absolute Gasteiger partial charge is 0.272 e. The summed E-state index contributed by atoms with van der Waals surface area (Å²) in [6.07, 6.45) is 4.79. The van der Waals surface area contributed by atoms with E-state index in [9.17, 15) is 4.79 Å². The molecule has 4 nitrogen and oxygen atoms in total. The van der Waals surface area contributed by atoms with Gasteiger partial charge in [0.25, 0.3) is 5.91 Å². The topological polar surface area (TPSA) is 57.0 Å². The maximum atomic E-state index is 12.0. The molecule has 0 N–H and O–H groups in total. The molecule has 16 heavy (non-hydrogen) atoms. The maximum absolute atomic E-state index is 12.0. The summed E-state index contributed by atoms with van der Waals surface area (Å²) < 4.78 is 0. The number of carbonyl (C=O) groups excluding carboxylic acids is 1. The molecule has 2 rings (SSSR count). The summed E-state index contributed by atoms with van der Waals surface area (Å²) in [4.78, 5) is 17.7. The second kappa shape index (κ2) is 4.31. The van der Waals surface area contributed by atoms with Gasteiger partial charge in [0.05, 0.1) is 5.56 Å². The van der Waals surface area contributed by atoms with Crippen LogP contribution in [0, 0.1) is 11.3 Å². The lowest BCUT2D eigenvalue weighted by Crippen LogP contribution is -2.41. The van der Waals surface area contributed by atoms with Crippen molar-refractivity contribution in [2.45, 2.75) is 25.3 Å². The molecular formula is C12H13N3O. The van der Waals surface area contributed by atoms with Gasteiger partial charge < -0.3 is 4.90 Å². The van der Waals surface area contributed by atoms with Crippen molar-refractivity contribution >= 4 is 5.91 Å². The van der Waals surface area contributed by atoms with E-state index in [0.29, 0.717) is 17.3 Å². The zero-order valence-corrected chi connectivity index (χ0v) is 9.18. The van der Waals surface area contributed by atoms with Crippen LogP contribution in [-0.2, 0) is 0 Å². The number of nitrogens with zero attached hydrogens (tertiary/aromatic N) is 3. The third kappa shape index (κ3) is 1.89. The lowest BCUT2D eigenvalue weighted by molar-refractivity contribution is 0.0646. The number of rotatable bonds is 2. The van der Waals surface area contributed by atoms with Gasteiger partial charge in [-0.05, 0) is 31.4 Å². The van der Waals surface area contributed by atoms with Gasteiger partial charge >= 0.3 is 0 Å². The third-order valence-corrected chi connectivity index (χ3v) is 3.05. The van der Waals surface area contributed by atoms with Crippen LogP contribution in [0.5, 0.6) is 0 Å². The average Bonchev–Trinajstić information content (AvgIpc) is 2.26. The van der Waals surface area contributed by atoms with Crippen molar-refractivity contribution in [2.24, 2.45) is 0 Å². The van der Waals surface area contributed by atoms with Crippen LogP contribution in [0.25, 0.3) is 0 Å². The normalized spacial score (nSPS) is 15.0. The molecule has 0 atom stereocenters. The monoisotopic (exact) mass is 215 g/mol. The third-order valence-electron chi connectivity index (χ3n) is 3.05. The second-order valence-electron chi connectivity index (χ2n) is 4.04. The summed E-state index contributed by atoms with van der Waals surface area (Å²) in [7, 11) is 1.81. The zero-order valence-electron chi connectivity index (χ0n) is 9.18. The molecule has 82 valence electrons. The van der Waals surface area contributed by atoms with E-state index in [4.69, 9.17) is 5.26 Å². The van der Waals surface area contributed by atoms with E-state index < -0.39 is 0 Å². The van der Waals surface area contributed by atoms with E-state index in [-0.39, 0.29) is 5.91 Å². The second-order valence-corrected chi connectivity index (χ2v) is 4.04. The van der Waals surface area contributed by atoms with Crippen LogP contribution in [0.2, 0.25) is 0 Å². The Labute approximate surface area is 94.5 Å². The van der Waals surface area contributed by atoms with Gasteiger partial charge in [-0.2, -0.15) is 5.26 Å². The zero-order chi connectivity index (χ0) is 11.5. The highest BCUT2D eigenvalue weighted by Crippen LogP contribution is 2.24. The number of pyridine rings is 1. The first-order chi connectivity index (χ1) is 7.72. The Morgan fingerprint density at radius 1 is 1.56 bits per heavy atom. The van der Waals surface area contributed by atoms with Gasteiger partial charge in [0.1, 0.15) is 11.8 Å². The largest absolute Gasteiger partial charge is 0.337 e. The van der Waals surface area contributed by atoms with Gasteiger partial charge in [-0.3, -0.25) is 4.79 Å². The van der Waals surface area contributed by atoms with Crippen molar-refractivity contribution in [1.29, 1.82) is 5.26 Å². The van der Waals surface area contributed by atoms with Crippen molar-refractivity contribution in [1.82, 2.24) is 9.88 Å². The van der Waals surface area contributed by atoms with Crippen LogP contribution < -0.4 is 0 Å². The SMILES string of the molecule is CN(C(=O)c1ccc(C#N)cn1)C1CCC1. The molecule has 0 bridgehead atoms. The van der Waals surface area contributed by atoms with Crippen molar-refractivity contribution in [2.75, 3.05) is 7.05 Å². The Kier molecular flexibility index (Phi) is 2.86. The summed E-state index contributed by atoms with van der Waals surface area (Å²) >= 11 is 0. The fourth-order valence-electron chi connectivity index (χ4n) is 1.71. The van der Waals surface area contributed by atoms with Crippen LogP contribution in [0.3, 0.4) is 0 Å². The Hall–Kier alpha value is -1.89. The molecular weight excluding hydrogens is 202 g/mol. The summed E-state index contributed by atoms with van der Waals surface area (Å²) in [6, 6.07) is 5.57. The summed E-state index contributed by atoms with van der Waals surface area (Å²) in [6.45, 7) is 0. The highest BCUT2D eigenvalue weighted by atomic mass is 16.2. The van der Waals surface area contributed by atoms with Crippen LogP contribution in [0.4, 0.5) is 0 Å². The minimum Gasteiger partial charge on any atom is -0.337 e. The molecule has 1 aliphatic carbocycles. The Balaban J connectivity index is 2.11. The van der Waals surface area contributed by atoms with Gasteiger partial charge in [0.15, 0.2) is 0 Å². The quantitative estimate of drug-likeness (QED) is 0.752.